The van der Waals surface area contributed by atoms with Crippen molar-refractivity contribution in [2.75, 3.05) is 0 Å². The number of hydrogen-bond acceptors (Lipinski definition) is 4. The van der Waals surface area contributed by atoms with Crippen LogP contribution in [-0.2, 0) is 4.79 Å². The highest BCUT2D eigenvalue weighted by Gasteiger charge is 2.36. The smallest absolute Gasteiger partial charge is 0.161 e. The van der Waals surface area contributed by atoms with E-state index < -0.39 is 0 Å². The van der Waals surface area contributed by atoms with E-state index in [0.717, 1.165) is 45.1 Å². The molecule has 2 aliphatic rings. The van der Waals surface area contributed by atoms with Gasteiger partial charge in [0.15, 0.2) is 5.78 Å². The van der Waals surface area contributed by atoms with Gasteiger partial charge in [0.2, 0.25) is 0 Å². The number of nitriles is 1. The lowest BCUT2D eigenvalue weighted by Gasteiger charge is -2.31. The molecule has 0 radical (unpaired) electrons. The van der Waals surface area contributed by atoms with Crippen LogP contribution < -0.4 is 5.32 Å². The van der Waals surface area contributed by atoms with Crippen LogP contribution in [0, 0.1) is 23.2 Å². The van der Waals surface area contributed by atoms with Crippen molar-refractivity contribution >= 4 is 17.1 Å². The molecule has 1 aromatic heterocycles. The van der Waals surface area contributed by atoms with E-state index in [0.29, 0.717) is 12.0 Å². The summed E-state index contributed by atoms with van der Waals surface area (Å²) in [5, 5.41) is 13.0. The van der Waals surface area contributed by atoms with Crippen LogP contribution in [-0.4, -0.2) is 5.78 Å². The van der Waals surface area contributed by atoms with Crippen molar-refractivity contribution in [2.45, 2.75) is 32.1 Å². The van der Waals surface area contributed by atoms with Crippen LogP contribution in [0.4, 0.5) is 0 Å². The molecule has 0 saturated carbocycles. The molecule has 4 heteroatoms. The Balaban J connectivity index is 1.73. The molecule has 4 rings (SSSR count). The molecule has 0 saturated heterocycles. The van der Waals surface area contributed by atoms with Gasteiger partial charge in [-0.2, -0.15) is 5.26 Å². The van der Waals surface area contributed by atoms with Crippen molar-refractivity contribution in [3.8, 4) is 17.9 Å². The molecule has 0 bridgehead atoms. The second kappa shape index (κ2) is 7.27. The summed E-state index contributed by atoms with van der Waals surface area (Å²) in [6.45, 7) is 1.91. The van der Waals surface area contributed by atoms with Gasteiger partial charge in [-0.3, -0.25) is 4.79 Å². The molecule has 3 nitrogen and oxygen atoms in total. The van der Waals surface area contributed by atoms with Crippen LogP contribution in [0.2, 0.25) is 0 Å². The first-order valence-corrected chi connectivity index (χ1v) is 9.80. The van der Waals surface area contributed by atoms with Crippen molar-refractivity contribution in [2.24, 2.45) is 0 Å². The van der Waals surface area contributed by atoms with Gasteiger partial charge in [0.1, 0.15) is 0 Å². The Morgan fingerprint density at radius 3 is 2.70 bits per heavy atom. The summed E-state index contributed by atoms with van der Waals surface area (Å²) in [6.07, 6.45) is 2.28. The normalized spacial score (nSPS) is 19.0. The third kappa shape index (κ3) is 3.33. The van der Waals surface area contributed by atoms with Gasteiger partial charge in [-0.05, 0) is 44.0 Å². The minimum Gasteiger partial charge on any atom is -0.361 e. The predicted molar refractivity (Wildman–Crippen MR) is 107 cm³/mol. The number of Topliss-reactive ketones (excluding diaryl/α,β-unsaturated/α-hetero) is 1. The van der Waals surface area contributed by atoms with Crippen molar-refractivity contribution in [3.63, 3.8) is 0 Å². The number of nitrogens with one attached hydrogen (secondary N) is 1. The molecule has 1 aliphatic heterocycles. The second-order valence-corrected chi connectivity index (χ2v) is 7.81. The van der Waals surface area contributed by atoms with Gasteiger partial charge in [-0.1, -0.05) is 30.0 Å². The summed E-state index contributed by atoms with van der Waals surface area (Å²) in [4.78, 5) is 14.6. The second-order valence-electron chi connectivity index (χ2n) is 6.70. The number of allylic oxidation sites excluding steroid dienone is 4. The number of ketones is 1. The van der Waals surface area contributed by atoms with E-state index in [1.165, 1.54) is 0 Å². The third-order valence-electron chi connectivity index (χ3n) is 4.91. The first-order valence-electron chi connectivity index (χ1n) is 8.98. The minimum atomic E-state index is -0.267. The standard InChI is InChI=1S/C23H18N2OS/c1-15-18(14-24)22(23-19(25-15)8-5-9-20(23)26)21-13-12-17(27-21)11-10-16-6-3-2-4-7-16/h2-4,6-7,12-13,22,25H,5,8-9H2,1H3/t22-/m0/s1. The largest absolute Gasteiger partial charge is 0.361 e. The Hall–Kier alpha value is -3.08. The average Bonchev–Trinajstić information content (AvgIpc) is 3.15. The van der Waals surface area contributed by atoms with Crippen LogP contribution in [0.5, 0.6) is 0 Å². The van der Waals surface area contributed by atoms with E-state index in [4.69, 9.17) is 0 Å². The Labute approximate surface area is 163 Å². The number of dihydropyridines is 1. The lowest BCUT2D eigenvalue weighted by Crippen LogP contribution is -2.30. The van der Waals surface area contributed by atoms with Crippen LogP contribution in [0.1, 0.15) is 47.4 Å². The highest BCUT2D eigenvalue weighted by Crippen LogP contribution is 2.43. The zero-order chi connectivity index (χ0) is 18.8. The first kappa shape index (κ1) is 17.3. The average molecular weight is 370 g/mol. The number of benzene rings is 1. The van der Waals surface area contributed by atoms with E-state index in [1.54, 1.807) is 11.3 Å². The molecular weight excluding hydrogens is 352 g/mol. The summed E-state index contributed by atoms with van der Waals surface area (Å²) < 4.78 is 0. The molecule has 0 spiro atoms. The molecule has 0 amide bonds. The maximum Gasteiger partial charge on any atom is 0.161 e. The van der Waals surface area contributed by atoms with Gasteiger partial charge in [-0.15, -0.1) is 11.3 Å². The van der Waals surface area contributed by atoms with E-state index in [1.807, 2.05) is 49.4 Å². The SMILES string of the molecule is CC1=C(C#N)[C@@H](c2ccc(C#Cc3ccccc3)s2)C2=C(CCCC2=O)N1. The molecule has 0 unspecified atom stereocenters. The molecular formula is C23H18N2OS. The first-order chi connectivity index (χ1) is 13.2. The van der Waals surface area contributed by atoms with Crippen molar-refractivity contribution in [1.29, 1.82) is 5.26 Å². The monoisotopic (exact) mass is 370 g/mol. The lowest BCUT2D eigenvalue weighted by atomic mass is 9.78. The van der Waals surface area contributed by atoms with E-state index >= 15 is 0 Å². The molecule has 1 atom stereocenters. The number of carbonyl (C=O) groups is 1. The van der Waals surface area contributed by atoms with Gasteiger partial charge in [-0.25, -0.2) is 0 Å². The van der Waals surface area contributed by atoms with Gasteiger partial charge in [0.25, 0.3) is 0 Å². The fraction of sp³-hybridized carbons (Fsp3) is 0.217. The van der Waals surface area contributed by atoms with Gasteiger partial charge < -0.3 is 5.32 Å². The zero-order valence-corrected chi connectivity index (χ0v) is 15.8. The molecule has 132 valence electrons. The Morgan fingerprint density at radius 1 is 1.11 bits per heavy atom. The van der Waals surface area contributed by atoms with Crippen LogP contribution in [0.25, 0.3) is 0 Å². The quantitative estimate of drug-likeness (QED) is 0.744. The van der Waals surface area contributed by atoms with Gasteiger partial charge in [0.05, 0.1) is 22.4 Å². The van der Waals surface area contributed by atoms with E-state index in [-0.39, 0.29) is 11.7 Å². The van der Waals surface area contributed by atoms with E-state index in [9.17, 15) is 10.1 Å². The van der Waals surface area contributed by atoms with Gasteiger partial charge in [0, 0.05) is 33.8 Å². The van der Waals surface area contributed by atoms with Crippen LogP contribution >= 0.6 is 11.3 Å². The highest BCUT2D eigenvalue weighted by atomic mass is 32.1. The van der Waals surface area contributed by atoms with Gasteiger partial charge >= 0.3 is 0 Å². The molecule has 2 aromatic rings. The number of carbonyl (C=O) groups excluding carboxylic acids is 1. The maximum atomic E-state index is 12.6. The number of nitrogens with zero attached hydrogens (tertiary/aromatic N) is 1. The van der Waals surface area contributed by atoms with Crippen molar-refractivity contribution in [1.82, 2.24) is 5.32 Å². The fourth-order valence-corrected chi connectivity index (χ4v) is 4.63. The molecule has 1 aliphatic carbocycles. The third-order valence-corrected chi connectivity index (χ3v) is 5.98. The minimum absolute atomic E-state index is 0.152. The molecule has 1 aromatic carbocycles. The maximum absolute atomic E-state index is 12.6. The summed E-state index contributed by atoms with van der Waals surface area (Å²) in [6, 6.07) is 16.2. The predicted octanol–water partition coefficient (Wildman–Crippen LogP) is 4.64. The van der Waals surface area contributed by atoms with Crippen molar-refractivity contribution < 1.29 is 4.79 Å². The Morgan fingerprint density at radius 2 is 1.93 bits per heavy atom. The number of thiophene rings is 1. The Bertz CT molecular complexity index is 1070. The molecule has 2 heterocycles. The van der Waals surface area contributed by atoms with E-state index in [2.05, 4.69) is 23.2 Å². The fourth-order valence-electron chi connectivity index (χ4n) is 3.65. The summed E-state index contributed by atoms with van der Waals surface area (Å²) >= 11 is 1.56. The molecule has 27 heavy (non-hydrogen) atoms. The Kier molecular flexibility index (Phi) is 4.67. The molecule has 1 N–H and O–H groups in total. The summed E-state index contributed by atoms with van der Waals surface area (Å²) in [5.41, 5.74) is 4.20. The lowest BCUT2D eigenvalue weighted by molar-refractivity contribution is -0.116. The van der Waals surface area contributed by atoms with Crippen molar-refractivity contribution in [3.05, 3.63) is 80.3 Å². The topological polar surface area (TPSA) is 52.9 Å². The van der Waals surface area contributed by atoms with Crippen LogP contribution in [0.3, 0.4) is 0 Å². The van der Waals surface area contributed by atoms with Crippen LogP contribution in [0.15, 0.2) is 65.0 Å². The molecule has 0 fully saturated rings. The number of hydrogen-bond donors (Lipinski definition) is 1. The zero-order valence-electron chi connectivity index (χ0n) is 15.0. The highest BCUT2D eigenvalue weighted by molar-refractivity contribution is 7.12. The summed E-state index contributed by atoms with van der Waals surface area (Å²) in [5.74, 6) is 6.25. The summed E-state index contributed by atoms with van der Waals surface area (Å²) in [7, 11) is 0. The number of rotatable bonds is 1.